The van der Waals surface area contributed by atoms with Crippen LogP contribution in [0.4, 0.5) is 0 Å². The van der Waals surface area contributed by atoms with Crippen LogP contribution in [-0.2, 0) is 4.79 Å². The fourth-order valence-corrected chi connectivity index (χ4v) is 1.98. The lowest BCUT2D eigenvalue weighted by atomic mass is 9.92. The summed E-state index contributed by atoms with van der Waals surface area (Å²) in [7, 11) is 1.82. The van der Waals surface area contributed by atoms with Gasteiger partial charge in [-0.15, -0.1) is 0 Å². The molecule has 0 atom stereocenters. The van der Waals surface area contributed by atoms with Crippen LogP contribution in [0.15, 0.2) is 30.3 Å². The van der Waals surface area contributed by atoms with Crippen molar-refractivity contribution in [3.8, 4) is 0 Å². The topological polar surface area (TPSA) is 57.6 Å². The molecule has 19 heavy (non-hydrogen) atoms. The number of aromatic carboxylic acids is 1. The van der Waals surface area contributed by atoms with Crippen LogP contribution < -0.4 is 0 Å². The Bertz CT molecular complexity index is 501. The number of carbonyl (C=O) groups is 2. The highest BCUT2D eigenvalue weighted by Crippen LogP contribution is 2.23. The number of hydrogen-bond donors (Lipinski definition) is 1. The Balaban J connectivity index is 1.97. The number of benzene rings is 1. The second-order valence-corrected chi connectivity index (χ2v) is 4.79. The highest BCUT2D eigenvalue weighted by Gasteiger charge is 2.24. The van der Waals surface area contributed by atoms with E-state index < -0.39 is 5.97 Å². The molecule has 4 heteroatoms. The molecule has 2 rings (SSSR count). The van der Waals surface area contributed by atoms with Crippen LogP contribution in [-0.4, -0.2) is 35.0 Å². The van der Waals surface area contributed by atoms with Gasteiger partial charge in [-0.3, -0.25) is 4.79 Å². The highest BCUT2D eigenvalue weighted by atomic mass is 16.4. The highest BCUT2D eigenvalue weighted by molar-refractivity contribution is 5.92. The lowest BCUT2D eigenvalue weighted by Gasteiger charge is -2.34. The van der Waals surface area contributed by atoms with Gasteiger partial charge in [-0.25, -0.2) is 4.79 Å². The maximum atomic E-state index is 11.9. The van der Waals surface area contributed by atoms with Gasteiger partial charge in [-0.05, 0) is 43.0 Å². The number of likely N-dealkylation sites (N-methyl/N-ethyl adjacent to an activating group) is 1. The summed E-state index contributed by atoms with van der Waals surface area (Å²) in [6.45, 7) is 0. The second kappa shape index (κ2) is 5.69. The Labute approximate surface area is 112 Å². The number of nitrogens with zero attached hydrogens (tertiary/aromatic N) is 1. The number of rotatable bonds is 4. The SMILES string of the molecule is CN(C(=O)C=Cc1ccc(C(=O)O)cc1)C1CCC1. The fraction of sp³-hybridized carbons (Fsp3) is 0.333. The quantitative estimate of drug-likeness (QED) is 0.845. The lowest BCUT2D eigenvalue weighted by molar-refractivity contribution is -0.128. The predicted octanol–water partition coefficient (Wildman–Crippen LogP) is 2.41. The van der Waals surface area contributed by atoms with Crippen molar-refractivity contribution in [2.75, 3.05) is 7.05 Å². The standard InChI is InChI=1S/C15H17NO3/c1-16(13-3-2-4-13)14(17)10-7-11-5-8-12(9-6-11)15(18)19/h5-10,13H,2-4H2,1H3,(H,18,19). The van der Waals surface area contributed by atoms with Crippen LogP contribution in [0.25, 0.3) is 6.08 Å². The van der Waals surface area contributed by atoms with Gasteiger partial charge < -0.3 is 10.0 Å². The summed E-state index contributed by atoms with van der Waals surface area (Å²) in [5.41, 5.74) is 1.07. The van der Waals surface area contributed by atoms with Gasteiger partial charge in [0, 0.05) is 19.2 Å². The average molecular weight is 259 g/mol. The van der Waals surface area contributed by atoms with Gasteiger partial charge in [-0.1, -0.05) is 12.1 Å². The summed E-state index contributed by atoms with van der Waals surface area (Å²) < 4.78 is 0. The fourth-order valence-electron chi connectivity index (χ4n) is 1.98. The van der Waals surface area contributed by atoms with E-state index in [9.17, 15) is 9.59 Å². The first-order chi connectivity index (χ1) is 9.08. The molecule has 0 aliphatic heterocycles. The third-order valence-electron chi connectivity index (χ3n) is 3.55. The molecule has 0 unspecified atom stereocenters. The molecule has 1 N–H and O–H groups in total. The molecular formula is C15H17NO3. The lowest BCUT2D eigenvalue weighted by Crippen LogP contribution is -2.40. The van der Waals surface area contributed by atoms with E-state index in [-0.39, 0.29) is 11.5 Å². The van der Waals surface area contributed by atoms with E-state index in [4.69, 9.17) is 5.11 Å². The van der Waals surface area contributed by atoms with E-state index in [0.29, 0.717) is 6.04 Å². The van der Waals surface area contributed by atoms with Gasteiger partial charge in [0.15, 0.2) is 0 Å². The third-order valence-corrected chi connectivity index (χ3v) is 3.55. The molecule has 100 valence electrons. The van der Waals surface area contributed by atoms with Crippen molar-refractivity contribution in [2.45, 2.75) is 25.3 Å². The van der Waals surface area contributed by atoms with Crippen LogP contribution in [0.5, 0.6) is 0 Å². The smallest absolute Gasteiger partial charge is 0.335 e. The first-order valence-electron chi connectivity index (χ1n) is 6.36. The van der Waals surface area contributed by atoms with Crippen molar-refractivity contribution < 1.29 is 14.7 Å². The van der Waals surface area contributed by atoms with E-state index in [1.165, 1.54) is 24.6 Å². The zero-order valence-electron chi connectivity index (χ0n) is 10.9. The summed E-state index contributed by atoms with van der Waals surface area (Å²) in [4.78, 5) is 24.3. The van der Waals surface area contributed by atoms with Crippen molar-refractivity contribution in [2.24, 2.45) is 0 Å². The minimum Gasteiger partial charge on any atom is -0.478 e. The van der Waals surface area contributed by atoms with Crippen LogP contribution in [0, 0.1) is 0 Å². The van der Waals surface area contributed by atoms with E-state index >= 15 is 0 Å². The monoisotopic (exact) mass is 259 g/mol. The van der Waals surface area contributed by atoms with Gasteiger partial charge in [-0.2, -0.15) is 0 Å². The third kappa shape index (κ3) is 3.22. The molecule has 1 saturated carbocycles. The summed E-state index contributed by atoms with van der Waals surface area (Å²) in [5.74, 6) is -0.955. The summed E-state index contributed by atoms with van der Waals surface area (Å²) >= 11 is 0. The number of hydrogen-bond acceptors (Lipinski definition) is 2. The Hall–Kier alpha value is -2.10. The summed E-state index contributed by atoms with van der Waals surface area (Å²) in [6, 6.07) is 6.82. The van der Waals surface area contributed by atoms with Gasteiger partial charge in [0.2, 0.25) is 5.91 Å². The number of carboxylic acids is 1. The molecule has 1 fully saturated rings. The van der Waals surface area contributed by atoms with Crippen molar-refractivity contribution in [1.82, 2.24) is 4.90 Å². The molecule has 1 amide bonds. The zero-order valence-corrected chi connectivity index (χ0v) is 10.9. The minimum atomic E-state index is -0.948. The van der Waals surface area contributed by atoms with E-state index in [0.717, 1.165) is 18.4 Å². The largest absolute Gasteiger partial charge is 0.478 e. The summed E-state index contributed by atoms with van der Waals surface area (Å²) in [5, 5.41) is 8.78. The van der Waals surface area contributed by atoms with Crippen LogP contribution in [0.2, 0.25) is 0 Å². The Morgan fingerprint density at radius 2 is 1.89 bits per heavy atom. The summed E-state index contributed by atoms with van der Waals surface area (Å²) in [6.07, 6.45) is 6.62. The maximum Gasteiger partial charge on any atom is 0.335 e. The number of carboxylic acid groups (broad SMARTS) is 1. The zero-order chi connectivity index (χ0) is 13.8. The molecule has 4 nitrogen and oxygen atoms in total. The Morgan fingerprint density at radius 1 is 1.26 bits per heavy atom. The molecule has 0 bridgehead atoms. The van der Waals surface area contributed by atoms with Crippen molar-refractivity contribution in [3.05, 3.63) is 41.5 Å². The van der Waals surface area contributed by atoms with Gasteiger partial charge in [0.25, 0.3) is 0 Å². The molecule has 1 aromatic carbocycles. The van der Waals surface area contributed by atoms with Crippen molar-refractivity contribution in [3.63, 3.8) is 0 Å². The molecule has 0 radical (unpaired) electrons. The van der Waals surface area contributed by atoms with E-state index in [2.05, 4.69) is 0 Å². The molecule has 1 aliphatic carbocycles. The number of carbonyl (C=O) groups excluding carboxylic acids is 1. The van der Waals surface area contributed by atoms with Crippen LogP contribution >= 0.6 is 0 Å². The molecule has 0 heterocycles. The van der Waals surface area contributed by atoms with E-state index in [1.807, 2.05) is 7.05 Å². The Kier molecular flexibility index (Phi) is 4.00. The molecule has 0 spiro atoms. The predicted molar refractivity (Wildman–Crippen MR) is 72.8 cm³/mol. The first-order valence-corrected chi connectivity index (χ1v) is 6.36. The average Bonchev–Trinajstić information content (AvgIpc) is 2.34. The minimum absolute atomic E-state index is 0.00740. The molecule has 0 aromatic heterocycles. The molecule has 1 aromatic rings. The van der Waals surface area contributed by atoms with Gasteiger partial charge >= 0.3 is 5.97 Å². The van der Waals surface area contributed by atoms with Gasteiger partial charge in [0.1, 0.15) is 0 Å². The van der Waals surface area contributed by atoms with Crippen molar-refractivity contribution >= 4 is 18.0 Å². The molecule has 1 aliphatic rings. The van der Waals surface area contributed by atoms with Crippen molar-refractivity contribution in [1.29, 1.82) is 0 Å². The second-order valence-electron chi connectivity index (χ2n) is 4.79. The first kappa shape index (κ1) is 13.3. The van der Waals surface area contributed by atoms with Crippen LogP contribution in [0.1, 0.15) is 35.2 Å². The van der Waals surface area contributed by atoms with Gasteiger partial charge in [0.05, 0.1) is 5.56 Å². The molecular weight excluding hydrogens is 242 g/mol. The Morgan fingerprint density at radius 3 is 2.37 bits per heavy atom. The molecule has 0 saturated heterocycles. The normalized spacial score (nSPS) is 15.2. The number of amides is 1. The van der Waals surface area contributed by atoms with Crippen LogP contribution in [0.3, 0.4) is 0 Å². The maximum absolute atomic E-state index is 11.9. The van der Waals surface area contributed by atoms with E-state index in [1.54, 1.807) is 23.1 Å².